The molecular formula is C12H15NO. The maximum Gasteiger partial charge on any atom is 0.122 e. The molecule has 2 heterocycles. The molecule has 0 bridgehead atoms. The van der Waals surface area contributed by atoms with Gasteiger partial charge in [-0.25, -0.2) is 0 Å². The molecular weight excluding hydrogens is 174 g/mol. The summed E-state index contributed by atoms with van der Waals surface area (Å²) in [6.07, 6.45) is 3.66. The molecule has 1 N–H and O–H groups in total. The molecule has 14 heavy (non-hydrogen) atoms. The zero-order valence-corrected chi connectivity index (χ0v) is 8.25. The predicted octanol–water partition coefficient (Wildman–Crippen LogP) is 2.05. The Labute approximate surface area is 84.3 Å². The first-order chi connectivity index (χ1) is 6.95. The van der Waals surface area contributed by atoms with E-state index >= 15 is 0 Å². The number of benzene rings is 1. The summed E-state index contributed by atoms with van der Waals surface area (Å²) >= 11 is 0. The van der Waals surface area contributed by atoms with Crippen LogP contribution in [0.2, 0.25) is 0 Å². The largest absolute Gasteiger partial charge is 0.493 e. The Morgan fingerprint density at radius 1 is 1.36 bits per heavy atom. The zero-order valence-electron chi connectivity index (χ0n) is 8.25. The van der Waals surface area contributed by atoms with Gasteiger partial charge in [0.1, 0.15) is 5.75 Å². The Hall–Kier alpha value is -1.02. The summed E-state index contributed by atoms with van der Waals surface area (Å²) < 4.78 is 5.57. The highest BCUT2D eigenvalue weighted by molar-refractivity contribution is 5.44. The summed E-state index contributed by atoms with van der Waals surface area (Å²) in [5, 5.41) is 3.55. The van der Waals surface area contributed by atoms with Gasteiger partial charge in [0.25, 0.3) is 0 Å². The molecule has 0 amide bonds. The molecule has 1 atom stereocenters. The van der Waals surface area contributed by atoms with Crippen molar-refractivity contribution < 1.29 is 4.74 Å². The van der Waals surface area contributed by atoms with Crippen LogP contribution in [-0.2, 0) is 6.42 Å². The van der Waals surface area contributed by atoms with E-state index in [4.69, 9.17) is 4.74 Å². The number of ether oxygens (including phenoxy) is 1. The van der Waals surface area contributed by atoms with Crippen LogP contribution in [0.25, 0.3) is 0 Å². The third-order valence-electron chi connectivity index (χ3n) is 3.21. The van der Waals surface area contributed by atoms with Gasteiger partial charge in [0, 0.05) is 18.0 Å². The highest BCUT2D eigenvalue weighted by Crippen LogP contribution is 2.34. The van der Waals surface area contributed by atoms with Gasteiger partial charge in [-0.3, -0.25) is 0 Å². The molecule has 1 unspecified atom stereocenters. The molecule has 1 saturated heterocycles. The Balaban J connectivity index is 2.00. The van der Waals surface area contributed by atoms with Gasteiger partial charge in [-0.05, 0) is 31.0 Å². The second-order valence-corrected chi connectivity index (χ2v) is 4.07. The van der Waals surface area contributed by atoms with Gasteiger partial charge < -0.3 is 10.1 Å². The summed E-state index contributed by atoms with van der Waals surface area (Å²) in [4.78, 5) is 0. The second kappa shape index (κ2) is 3.28. The molecule has 0 aliphatic carbocycles. The first-order valence-corrected chi connectivity index (χ1v) is 5.43. The van der Waals surface area contributed by atoms with E-state index in [-0.39, 0.29) is 0 Å². The number of nitrogens with one attached hydrogen (secondary N) is 1. The van der Waals surface area contributed by atoms with Crippen LogP contribution in [0.15, 0.2) is 18.2 Å². The summed E-state index contributed by atoms with van der Waals surface area (Å²) in [5.41, 5.74) is 2.91. The van der Waals surface area contributed by atoms with Crippen LogP contribution in [0, 0.1) is 0 Å². The Morgan fingerprint density at radius 2 is 2.36 bits per heavy atom. The highest BCUT2D eigenvalue weighted by atomic mass is 16.5. The number of rotatable bonds is 1. The van der Waals surface area contributed by atoms with Gasteiger partial charge in [-0.15, -0.1) is 0 Å². The van der Waals surface area contributed by atoms with Gasteiger partial charge in [-0.2, -0.15) is 0 Å². The van der Waals surface area contributed by atoms with Crippen molar-refractivity contribution in [2.75, 3.05) is 13.2 Å². The molecule has 2 aliphatic heterocycles. The molecule has 0 saturated carbocycles. The lowest BCUT2D eigenvalue weighted by atomic mass is 9.97. The summed E-state index contributed by atoms with van der Waals surface area (Å²) in [6.45, 7) is 2.02. The molecule has 2 aliphatic rings. The zero-order chi connectivity index (χ0) is 9.38. The lowest BCUT2D eigenvalue weighted by molar-refractivity contribution is 0.357. The standard InChI is InChI=1S/C12H15NO/c1-3-9(11-4-2-7-13-11)10-6-8-14-12(10)5-1/h1,3,5,11,13H,2,4,6-8H2. The quantitative estimate of drug-likeness (QED) is 0.730. The summed E-state index contributed by atoms with van der Waals surface area (Å²) in [7, 11) is 0. The summed E-state index contributed by atoms with van der Waals surface area (Å²) in [6, 6.07) is 7.02. The van der Waals surface area contributed by atoms with Crippen molar-refractivity contribution in [3.8, 4) is 5.75 Å². The minimum Gasteiger partial charge on any atom is -0.493 e. The topological polar surface area (TPSA) is 21.3 Å². The van der Waals surface area contributed by atoms with Crippen LogP contribution in [0.3, 0.4) is 0 Å². The van der Waals surface area contributed by atoms with Crippen LogP contribution in [0.4, 0.5) is 0 Å². The Morgan fingerprint density at radius 3 is 3.21 bits per heavy atom. The second-order valence-electron chi connectivity index (χ2n) is 4.07. The number of fused-ring (bicyclic) bond motifs is 1. The molecule has 3 rings (SSSR count). The maximum atomic E-state index is 5.57. The minimum atomic E-state index is 0.576. The van der Waals surface area contributed by atoms with E-state index < -0.39 is 0 Å². The van der Waals surface area contributed by atoms with Crippen molar-refractivity contribution in [2.45, 2.75) is 25.3 Å². The summed E-state index contributed by atoms with van der Waals surface area (Å²) in [5.74, 6) is 1.11. The van der Waals surface area contributed by atoms with E-state index in [0.717, 1.165) is 25.3 Å². The van der Waals surface area contributed by atoms with Gasteiger partial charge in [0.15, 0.2) is 0 Å². The maximum absolute atomic E-state index is 5.57. The Bertz CT molecular complexity index is 342. The molecule has 0 spiro atoms. The third kappa shape index (κ3) is 1.22. The normalized spacial score (nSPS) is 24.7. The van der Waals surface area contributed by atoms with E-state index in [1.165, 1.54) is 24.0 Å². The molecule has 1 aromatic carbocycles. The Kier molecular flexibility index (Phi) is 1.95. The fourth-order valence-electron chi connectivity index (χ4n) is 2.52. The van der Waals surface area contributed by atoms with E-state index in [1.807, 2.05) is 0 Å². The number of hydrogen-bond acceptors (Lipinski definition) is 2. The smallest absolute Gasteiger partial charge is 0.122 e. The lowest BCUT2D eigenvalue weighted by Gasteiger charge is -2.13. The highest BCUT2D eigenvalue weighted by Gasteiger charge is 2.23. The molecule has 1 aromatic rings. The van der Waals surface area contributed by atoms with Crippen LogP contribution in [0.5, 0.6) is 5.75 Å². The van der Waals surface area contributed by atoms with Crippen molar-refractivity contribution >= 4 is 0 Å². The van der Waals surface area contributed by atoms with Crippen LogP contribution >= 0.6 is 0 Å². The average molecular weight is 189 g/mol. The molecule has 0 radical (unpaired) electrons. The lowest BCUT2D eigenvalue weighted by Crippen LogP contribution is -2.14. The first-order valence-electron chi connectivity index (χ1n) is 5.43. The minimum absolute atomic E-state index is 0.576. The molecule has 74 valence electrons. The van der Waals surface area contributed by atoms with Crippen molar-refractivity contribution in [3.05, 3.63) is 29.3 Å². The van der Waals surface area contributed by atoms with E-state index in [2.05, 4.69) is 23.5 Å². The van der Waals surface area contributed by atoms with E-state index in [0.29, 0.717) is 6.04 Å². The van der Waals surface area contributed by atoms with Crippen molar-refractivity contribution in [1.82, 2.24) is 5.32 Å². The molecule has 1 fully saturated rings. The van der Waals surface area contributed by atoms with Crippen LogP contribution in [0.1, 0.15) is 30.0 Å². The first kappa shape index (κ1) is 8.30. The predicted molar refractivity (Wildman–Crippen MR) is 55.6 cm³/mol. The molecule has 2 nitrogen and oxygen atoms in total. The van der Waals surface area contributed by atoms with Crippen molar-refractivity contribution in [1.29, 1.82) is 0 Å². The average Bonchev–Trinajstić information content (AvgIpc) is 2.88. The van der Waals surface area contributed by atoms with Crippen LogP contribution in [-0.4, -0.2) is 13.2 Å². The monoisotopic (exact) mass is 189 g/mol. The van der Waals surface area contributed by atoms with Gasteiger partial charge in [0.05, 0.1) is 6.61 Å². The fourth-order valence-corrected chi connectivity index (χ4v) is 2.52. The molecule has 0 aromatic heterocycles. The van der Waals surface area contributed by atoms with Crippen LogP contribution < -0.4 is 10.1 Å². The van der Waals surface area contributed by atoms with Gasteiger partial charge in [-0.1, -0.05) is 12.1 Å². The number of hydrogen-bond donors (Lipinski definition) is 1. The molecule has 2 heteroatoms. The van der Waals surface area contributed by atoms with E-state index in [9.17, 15) is 0 Å². The van der Waals surface area contributed by atoms with E-state index in [1.54, 1.807) is 0 Å². The van der Waals surface area contributed by atoms with Crippen molar-refractivity contribution in [3.63, 3.8) is 0 Å². The van der Waals surface area contributed by atoms with Gasteiger partial charge in [0.2, 0.25) is 0 Å². The SMILES string of the molecule is c1cc2c(c(C3CCCN3)c1)CCO2. The van der Waals surface area contributed by atoms with Crippen molar-refractivity contribution in [2.24, 2.45) is 0 Å². The van der Waals surface area contributed by atoms with Gasteiger partial charge >= 0.3 is 0 Å². The third-order valence-corrected chi connectivity index (χ3v) is 3.21. The fraction of sp³-hybridized carbons (Fsp3) is 0.500.